The first-order chi connectivity index (χ1) is 8.15. The van der Waals surface area contributed by atoms with Crippen molar-refractivity contribution >= 4 is 50.9 Å². The van der Waals surface area contributed by atoms with E-state index in [1.54, 1.807) is 18.0 Å². The summed E-state index contributed by atoms with van der Waals surface area (Å²) < 4.78 is 0.848. The molecule has 0 amide bonds. The van der Waals surface area contributed by atoms with Crippen LogP contribution in [0.5, 0.6) is 0 Å². The molecule has 0 radical (unpaired) electrons. The Bertz CT molecular complexity index is 519. The lowest BCUT2D eigenvalue weighted by molar-refractivity contribution is 1.03. The largest absolute Gasteiger partial charge is 0.225 e. The molecule has 0 spiro atoms. The highest BCUT2D eigenvalue weighted by atomic mass is 79.9. The van der Waals surface area contributed by atoms with Gasteiger partial charge in [-0.3, -0.25) is 0 Å². The van der Waals surface area contributed by atoms with Gasteiger partial charge in [0.1, 0.15) is 5.03 Å². The van der Waals surface area contributed by atoms with Gasteiger partial charge in [-0.1, -0.05) is 23.7 Å². The summed E-state index contributed by atoms with van der Waals surface area (Å²) >= 11 is 16.6. The van der Waals surface area contributed by atoms with E-state index in [1.807, 2.05) is 24.3 Å². The number of hydrogen-bond acceptors (Lipinski definition) is 3. The first kappa shape index (κ1) is 13.1. The number of aromatic nitrogens is 2. The van der Waals surface area contributed by atoms with E-state index in [1.165, 1.54) is 5.56 Å². The third kappa shape index (κ3) is 3.85. The highest BCUT2D eigenvalue weighted by Gasteiger charge is 2.05. The molecule has 2 aromatic rings. The van der Waals surface area contributed by atoms with E-state index in [9.17, 15) is 0 Å². The lowest BCUT2D eigenvalue weighted by Crippen LogP contribution is -1.88. The Hall–Kier alpha value is -0.290. The molecule has 88 valence electrons. The van der Waals surface area contributed by atoms with E-state index in [0.29, 0.717) is 0 Å². The molecule has 1 aromatic carbocycles. The standard InChI is InChI=1S/C11H7BrCl2N2S/c12-9-5-15-11(14)16-10(9)17-6-7-1-3-8(13)4-2-7/h1-5H,6H2. The van der Waals surface area contributed by atoms with E-state index in [-0.39, 0.29) is 5.28 Å². The number of benzene rings is 1. The van der Waals surface area contributed by atoms with Gasteiger partial charge in [-0.15, -0.1) is 11.8 Å². The first-order valence-electron chi connectivity index (χ1n) is 4.70. The third-order valence-electron chi connectivity index (χ3n) is 1.97. The molecule has 0 saturated heterocycles. The molecule has 0 atom stereocenters. The summed E-state index contributed by atoms with van der Waals surface area (Å²) in [5.74, 6) is 0.809. The molecule has 0 N–H and O–H groups in total. The van der Waals surface area contributed by atoms with Crippen LogP contribution in [0.2, 0.25) is 10.3 Å². The maximum absolute atomic E-state index is 5.82. The van der Waals surface area contributed by atoms with Crippen LogP contribution in [-0.4, -0.2) is 9.97 Å². The minimum Gasteiger partial charge on any atom is -0.225 e. The summed E-state index contributed by atoms with van der Waals surface area (Å²) in [6, 6.07) is 7.73. The number of rotatable bonds is 3. The molecular formula is C11H7BrCl2N2S. The number of halogens is 3. The van der Waals surface area contributed by atoms with Crippen molar-refractivity contribution in [1.29, 1.82) is 0 Å². The van der Waals surface area contributed by atoms with Crippen molar-refractivity contribution in [3.05, 3.63) is 50.8 Å². The van der Waals surface area contributed by atoms with Gasteiger partial charge in [0.25, 0.3) is 0 Å². The Labute approximate surface area is 122 Å². The Kier molecular flexibility index (Phi) is 4.68. The normalized spacial score (nSPS) is 10.5. The van der Waals surface area contributed by atoms with Crippen LogP contribution >= 0.6 is 50.9 Å². The Balaban J connectivity index is 2.07. The average molecular weight is 350 g/mol. The molecule has 2 rings (SSSR count). The second-order valence-corrected chi connectivity index (χ2v) is 5.80. The van der Waals surface area contributed by atoms with Crippen LogP contribution in [0.15, 0.2) is 40.0 Å². The van der Waals surface area contributed by atoms with Gasteiger partial charge in [0.05, 0.1) is 4.47 Å². The molecule has 0 unspecified atom stereocenters. The lowest BCUT2D eigenvalue weighted by atomic mass is 10.2. The third-order valence-corrected chi connectivity index (χ3v) is 4.31. The topological polar surface area (TPSA) is 25.8 Å². The average Bonchev–Trinajstić information content (AvgIpc) is 2.32. The van der Waals surface area contributed by atoms with E-state index in [2.05, 4.69) is 25.9 Å². The minimum absolute atomic E-state index is 0.256. The maximum atomic E-state index is 5.82. The summed E-state index contributed by atoms with van der Waals surface area (Å²) in [6.45, 7) is 0. The fourth-order valence-electron chi connectivity index (χ4n) is 1.16. The predicted molar refractivity (Wildman–Crippen MR) is 75.8 cm³/mol. The molecule has 0 saturated carbocycles. The SMILES string of the molecule is Clc1ccc(CSc2nc(Cl)ncc2Br)cc1. The summed E-state index contributed by atoms with van der Waals surface area (Å²) in [7, 11) is 0. The second kappa shape index (κ2) is 6.05. The summed E-state index contributed by atoms with van der Waals surface area (Å²) in [5, 5.41) is 1.83. The van der Waals surface area contributed by atoms with Crippen LogP contribution in [0, 0.1) is 0 Å². The van der Waals surface area contributed by atoms with Crippen molar-refractivity contribution in [3.8, 4) is 0 Å². The highest BCUT2D eigenvalue weighted by Crippen LogP contribution is 2.28. The molecule has 0 aliphatic carbocycles. The van der Waals surface area contributed by atoms with Crippen LogP contribution in [0.3, 0.4) is 0 Å². The predicted octanol–water partition coefficient (Wildman–Crippen LogP) is 4.84. The molecule has 0 bridgehead atoms. The number of thioether (sulfide) groups is 1. The van der Waals surface area contributed by atoms with Crippen molar-refractivity contribution in [2.45, 2.75) is 10.8 Å². The van der Waals surface area contributed by atoms with Crippen LogP contribution < -0.4 is 0 Å². The molecular weight excluding hydrogens is 343 g/mol. The van der Waals surface area contributed by atoms with Crippen molar-refractivity contribution in [1.82, 2.24) is 9.97 Å². The van der Waals surface area contributed by atoms with Gasteiger partial charge in [0.15, 0.2) is 0 Å². The Morgan fingerprint density at radius 2 is 1.88 bits per heavy atom. The van der Waals surface area contributed by atoms with Gasteiger partial charge in [-0.2, -0.15) is 0 Å². The van der Waals surface area contributed by atoms with Crippen molar-refractivity contribution < 1.29 is 0 Å². The first-order valence-corrected chi connectivity index (χ1v) is 7.24. The molecule has 0 aliphatic heterocycles. The second-order valence-electron chi connectivity index (χ2n) is 3.21. The zero-order valence-electron chi connectivity index (χ0n) is 8.53. The molecule has 1 aromatic heterocycles. The molecule has 1 heterocycles. The Morgan fingerprint density at radius 3 is 2.59 bits per heavy atom. The zero-order valence-corrected chi connectivity index (χ0v) is 12.4. The van der Waals surface area contributed by atoms with Crippen LogP contribution in [0.1, 0.15) is 5.56 Å². The number of nitrogens with zero attached hydrogens (tertiary/aromatic N) is 2. The fourth-order valence-corrected chi connectivity index (χ4v) is 2.85. The summed E-state index contributed by atoms with van der Waals surface area (Å²) in [5.41, 5.74) is 1.18. The molecule has 0 fully saturated rings. The van der Waals surface area contributed by atoms with Gasteiger partial charge in [-0.05, 0) is 45.2 Å². The summed E-state index contributed by atoms with van der Waals surface area (Å²) in [6.07, 6.45) is 1.65. The van der Waals surface area contributed by atoms with E-state index in [0.717, 1.165) is 20.3 Å². The van der Waals surface area contributed by atoms with E-state index in [4.69, 9.17) is 23.2 Å². The van der Waals surface area contributed by atoms with E-state index < -0.39 is 0 Å². The van der Waals surface area contributed by atoms with Gasteiger partial charge in [0, 0.05) is 17.0 Å². The molecule has 6 heteroatoms. The van der Waals surface area contributed by atoms with Gasteiger partial charge >= 0.3 is 0 Å². The maximum Gasteiger partial charge on any atom is 0.223 e. The van der Waals surface area contributed by atoms with Crippen molar-refractivity contribution in [3.63, 3.8) is 0 Å². The summed E-state index contributed by atoms with van der Waals surface area (Å²) in [4.78, 5) is 8.03. The lowest BCUT2D eigenvalue weighted by Gasteiger charge is -2.03. The quantitative estimate of drug-likeness (QED) is 0.450. The Morgan fingerprint density at radius 1 is 1.18 bits per heavy atom. The van der Waals surface area contributed by atoms with Crippen LogP contribution in [0.25, 0.3) is 0 Å². The zero-order chi connectivity index (χ0) is 12.3. The minimum atomic E-state index is 0.256. The molecule has 2 nitrogen and oxygen atoms in total. The molecule has 0 aliphatic rings. The van der Waals surface area contributed by atoms with Crippen LogP contribution in [0.4, 0.5) is 0 Å². The van der Waals surface area contributed by atoms with Gasteiger partial charge < -0.3 is 0 Å². The van der Waals surface area contributed by atoms with Crippen molar-refractivity contribution in [2.24, 2.45) is 0 Å². The van der Waals surface area contributed by atoms with Gasteiger partial charge in [0.2, 0.25) is 5.28 Å². The fraction of sp³-hybridized carbons (Fsp3) is 0.0909. The van der Waals surface area contributed by atoms with Crippen LogP contribution in [-0.2, 0) is 5.75 Å². The number of hydrogen-bond donors (Lipinski definition) is 0. The van der Waals surface area contributed by atoms with E-state index >= 15 is 0 Å². The van der Waals surface area contributed by atoms with Gasteiger partial charge in [-0.25, -0.2) is 9.97 Å². The molecule has 17 heavy (non-hydrogen) atoms. The van der Waals surface area contributed by atoms with Crippen molar-refractivity contribution in [2.75, 3.05) is 0 Å². The highest BCUT2D eigenvalue weighted by molar-refractivity contribution is 9.10. The monoisotopic (exact) mass is 348 g/mol. The smallest absolute Gasteiger partial charge is 0.223 e.